The Bertz CT molecular complexity index is 330. The second kappa shape index (κ2) is 5.67. The van der Waals surface area contributed by atoms with Crippen molar-refractivity contribution in [1.82, 2.24) is 10.2 Å². The number of morpholine rings is 1. The van der Waals surface area contributed by atoms with Gasteiger partial charge in [0.15, 0.2) is 0 Å². The van der Waals surface area contributed by atoms with E-state index >= 15 is 0 Å². The Kier molecular flexibility index (Phi) is 4.70. The van der Waals surface area contributed by atoms with Crippen LogP contribution >= 0.6 is 0 Å². The lowest BCUT2D eigenvalue weighted by molar-refractivity contribution is -0.162. The lowest BCUT2D eigenvalue weighted by Crippen LogP contribution is -2.59. The van der Waals surface area contributed by atoms with Crippen molar-refractivity contribution in [3.05, 3.63) is 0 Å². The first kappa shape index (κ1) is 14.9. The Morgan fingerprint density at radius 1 is 1.56 bits per heavy atom. The first-order valence-electron chi connectivity index (χ1n) is 6.09. The predicted octanol–water partition coefficient (Wildman–Crippen LogP) is 0.0750. The van der Waals surface area contributed by atoms with Crippen LogP contribution in [0.1, 0.15) is 27.7 Å². The summed E-state index contributed by atoms with van der Waals surface area (Å²) >= 11 is 0. The minimum absolute atomic E-state index is 0.0850. The maximum absolute atomic E-state index is 11.2. The molecule has 2 N–H and O–H groups in total. The molecule has 0 spiro atoms. The van der Waals surface area contributed by atoms with Gasteiger partial charge >= 0.3 is 5.97 Å². The molecule has 1 amide bonds. The molecule has 0 aromatic rings. The van der Waals surface area contributed by atoms with Gasteiger partial charge < -0.3 is 15.2 Å². The molecule has 0 bridgehead atoms. The Labute approximate surface area is 107 Å². The molecule has 0 saturated carbocycles. The van der Waals surface area contributed by atoms with Crippen LogP contribution in [0.15, 0.2) is 0 Å². The van der Waals surface area contributed by atoms with Crippen LogP contribution in [-0.2, 0) is 14.3 Å². The molecule has 0 aromatic carbocycles. The van der Waals surface area contributed by atoms with Crippen LogP contribution in [0.3, 0.4) is 0 Å². The van der Waals surface area contributed by atoms with Crippen LogP contribution in [0, 0.1) is 0 Å². The summed E-state index contributed by atoms with van der Waals surface area (Å²) in [6.45, 7) is 8.39. The number of hydrogen-bond acceptors (Lipinski definition) is 4. The predicted molar refractivity (Wildman–Crippen MR) is 66.3 cm³/mol. The Morgan fingerprint density at radius 3 is 2.67 bits per heavy atom. The highest BCUT2D eigenvalue weighted by atomic mass is 16.5. The van der Waals surface area contributed by atoms with Gasteiger partial charge in [0.25, 0.3) is 0 Å². The molecule has 1 fully saturated rings. The van der Waals surface area contributed by atoms with Gasteiger partial charge in [-0.1, -0.05) is 0 Å². The topological polar surface area (TPSA) is 78.9 Å². The molecule has 1 rings (SSSR count). The third kappa shape index (κ3) is 4.27. The third-order valence-electron chi connectivity index (χ3n) is 2.90. The van der Waals surface area contributed by atoms with Crippen molar-refractivity contribution in [3.63, 3.8) is 0 Å². The SMILES string of the molecule is CC(=O)N[C@@H](C)CN1CC(C)(C)OC[C@H]1C(=O)O. The van der Waals surface area contributed by atoms with Gasteiger partial charge in [-0.05, 0) is 20.8 Å². The van der Waals surface area contributed by atoms with Gasteiger partial charge in [-0.2, -0.15) is 0 Å². The zero-order chi connectivity index (χ0) is 13.9. The Morgan fingerprint density at radius 2 is 2.17 bits per heavy atom. The second-order valence-corrected chi connectivity index (χ2v) is 5.46. The molecular weight excluding hydrogens is 236 g/mol. The molecule has 1 heterocycles. The van der Waals surface area contributed by atoms with Gasteiger partial charge in [0.1, 0.15) is 6.04 Å². The van der Waals surface area contributed by atoms with Crippen molar-refractivity contribution in [2.45, 2.75) is 45.4 Å². The lowest BCUT2D eigenvalue weighted by atomic mass is 10.0. The van der Waals surface area contributed by atoms with Crippen LogP contribution in [0.25, 0.3) is 0 Å². The first-order chi connectivity index (χ1) is 8.21. The van der Waals surface area contributed by atoms with Crippen molar-refractivity contribution < 1.29 is 19.4 Å². The molecule has 6 nitrogen and oxygen atoms in total. The van der Waals surface area contributed by atoms with Crippen molar-refractivity contribution in [1.29, 1.82) is 0 Å². The van der Waals surface area contributed by atoms with Crippen molar-refractivity contribution in [2.75, 3.05) is 19.7 Å². The molecule has 18 heavy (non-hydrogen) atoms. The van der Waals surface area contributed by atoms with E-state index < -0.39 is 12.0 Å². The number of carbonyl (C=O) groups excluding carboxylic acids is 1. The summed E-state index contributed by atoms with van der Waals surface area (Å²) in [4.78, 5) is 24.0. The quantitative estimate of drug-likeness (QED) is 0.746. The molecule has 0 radical (unpaired) electrons. The van der Waals surface area contributed by atoms with E-state index in [9.17, 15) is 9.59 Å². The largest absolute Gasteiger partial charge is 0.480 e. The summed E-state index contributed by atoms with van der Waals surface area (Å²) in [5.41, 5.74) is -0.359. The maximum Gasteiger partial charge on any atom is 0.323 e. The third-order valence-corrected chi connectivity index (χ3v) is 2.90. The second-order valence-electron chi connectivity index (χ2n) is 5.46. The number of carboxylic acid groups (broad SMARTS) is 1. The fourth-order valence-corrected chi connectivity index (χ4v) is 2.22. The van der Waals surface area contributed by atoms with Crippen molar-refractivity contribution in [2.24, 2.45) is 0 Å². The molecule has 2 atom stereocenters. The van der Waals surface area contributed by atoms with E-state index in [-0.39, 0.29) is 24.2 Å². The monoisotopic (exact) mass is 258 g/mol. The van der Waals surface area contributed by atoms with Crippen molar-refractivity contribution >= 4 is 11.9 Å². The smallest absolute Gasteiger partial charge is 0.323 e. The van der Waals surface area contributed by atoms with E-state index in [0.29, 0.717) is 13.1 Å². The number of ether oxygens (including phenoxy) is 1. The molecule has 0 aliphatic carbocycles. The maximum atomic E-state index is 11.2. The van der Waals surface area contributed by atoms with Crippen LogP contribution in [0.2, 0.25) is 0 Å². The molecule has 0 unspecified atom stereocenters. The summed E-state index contributed by atoms with van der Waals surface area (Å²) in [6, 6.07) is -0.729. The minimum Gasteiger partial charge on any atom is -0.480 e. The number of amides is 1. The van der Waals surface area contributed by atoms with Gasteiger partial charge in [0.05, 0.1) is 12.2 Å². The van der Waals surface area contributed by atoms with E-state index in [1.54, 1.807) is 0 Å². The molecular formula is C12H22N2O4. The first-order valence-corrected chi connectivity index (χ1v) is 6.09. The average molecular weight is 258 g/mol. The number of hydrogen-bond donors (Lipinski definition) is 2. The van der Waals surface area contributed by atoms with Crippen molar-refractivity contribution in [3.8, 4) is 0 Å². The van der Waals surface area contributed by atoms with Crippen LogP contribution < -0.4 is 5.32 Å². The summed E-state index contributed by atoms with van der Waals surface area (Å²) in [7, 11) is 0. The average Bonchev–Trinajstić information content (AvgIpc) is 2.13. The van der Waals surface area contributed by atoms with E-state index in [2.05, 4.69) is 5.32 Å². The van der Waals surface area contributed by atoms with Gasteiger partial charge in [0, 0.05) is 26.1 Å². The molecule has 1 aliphatic rings. The number of carboxylic acids is 1. The van der Waals surface area contributed by atoms with Gasteiger partial charge in [0.2, 0.25) is 5.91 Å². The lowest BCUT2D eigenvalue weighted by Gasteiger charge is -2.42. The number of aliphatic carboxylic acids is 1. The summed E-state index contributed by atoms with van der Waals surface area (Å²) in [5.74, 6) is -0.998. The molecule has 1 saturated heterocycles. The number of nitrogens with one attached hydrogen (secondary N) is 1. The highest BCUT2D eigenvalue weighted by Gasteiger charge is 2.37. The van der Waals surface area contributed by atoms with Gasteiger partial charge in [-0.25, -0.2) is 0 Å². The minimum atomic E-state index is -0.888. The van der Waals surface area contributed by atoms with E-state index in [0.717, 1.165) is 0 Å². The normalized spacial score (nSPS) is 25.4. The van der Waals surface area contributed by atoms with Crippen LogP contribution in [0.4, 0.5) is 0 Å². The number of rotatable bonds is 4. The zero-order valence-corrected chi connectivity index (χ0v) is 11.4. The van der Waals surface area contributed by atoms with Crippen LogP contribution in [0.5, 0.6) is 0 Å². The summed E-state index contributed by atoms with van der Waals surface area (Å²) < 4.78 is 5.52. The van der Waals surface area contributed by atoms with E-state index in [4.69, 9.17) is 9.84 Å². The number of carbonyl (C=O) groups is 2. The number of nitrogens with zero attached hydrogens (tertiary/aromatic N) is 1. The zero-order valence-electron chi connectivity index (χ0n) is 11.4. The van der Waals surface area contributed by atoms with Gasteiger partial charge in [-0.15, -0.1) is 0 Å². The van der Waals surface area contributed by atoms with E-state index in [1.807, 2.05) is 25.7 Å². The molecule has 6 heteroatoms. The molecule has 0 aromatic heterocycles. The standard InChI is InChI=1S/C12H22N2O4/c1-8(13-9(2)15)5-14-7-12(3,4)18-6-10(14)11(16)17/h8,10H,5-7H2,1-4H3,(H,13,15)(H,16,17)/t8-,10-/m0/s1. The molecule has 1 aliphatic heterocycles. The fourth-order valence-electron chi connectivity index (χ4n) is 2.22. The Hall–Kier alpha value is -1.14. The van der Waals surface area contributed by atoms with E-state index in [1.165, 1.54) is 6.92 Å². The summed E-state index contributed by atoms with van der Waals surface area (Å²) in [6.07, 6.45) is 0. The Balaban J connectivity index is 2.67. The molecule has 104 valence electrons. The highest BCUT2D eigenvalue weighted by molar-refractivity contribution is 5.74. The highest BCUT2D eigenvalue weighted by Crippen LogP contribution is 2.21. The summed E-state index contributed by atoms with van der Waals surface area (Å²) in [5, 5.41) is 11.9. The van der Waals surface area contributed by atoms with Crippen LogP contribution in [-0.4, -0.2) is 59.3 Å². The fraction of sp³-hybridized carbons (Fsp3) is 0.833. The van der Waals surface area contributed by atoms with Gasteiger partial charge in [-0.3, -0.25) is 14.5 Å².